The van der Waals surface area contributed by atoms with Crippen molar-refractivity contribution >= 4 is 27.3 Å². The van der Waals surface area contributed by atoms with E-state index in [-0.39, 0.29) is 10.8 Å². The summed E-state index contributed by atoms with van der Waals surface area (Å²) >= 11 is 0. The summed E-state index contributed by atoms with van der Waals surface area (Å²) in [5.74, 6) is 0.963. The van der Waals surface area contributed by atoms with Crippen molar-refractivity contribution in [2.45, 2.75) is 31.8 Å². The van der Waals surface area contributed by atoms with Crippen LogP contribution in [0.1, 0.15) is 19.4 Å². The van der Waals surface area contributed by atoms with Gasteiger partial charge in [-0.15, -0.1) is 0 Å². The molecule has 1 amide bonds. The van der Waals surface area contributed by atoms with Gasteiger partial charge in [-0.05, 0) is 80.9 Å². The van der Waals surface area contributed by atoms with E-state index in [0.29, 0.717) is 29.5 Å². The molecular weight excluding hydrogens is 428 g/mol. The van der Waals surface area contributed by atoms with Gasteiger partial charge in [-0.25, -0.2) is 8.42 Å². The Morgan fingerprint density at radius 2 is 1.56 bits per heavy atom. The van der Waals surface area contributed by atoms with Crippen molar-refractivity contribution in [3.8, 4) is 11.5 Å². The third-order valence-electron chi connectivity index (χ3n) is 4.62. The summed E-state index contributed by atoms with van der Waals surface area (Å²) < 4.78 is 38.9. The van der Waals surface area contributed by atoms with Gasteiger partial charge in [-0.2, -0.15) is 0 Å². The predicted octanol–water partition coefficient (Wildman–Crippen LogP) is 4.60. The fourth-order valence-electron chi connectivity index (χ4n) is 2.89. The first-order valence-electron chi connectivity index (χ1n) is 10.2. The number of hydrogen-bond acceptors (Lipinski definition) is 5. The Kier molecular flexibility index (Phi) is 7.37. The van der Waals surface area contributed by atoms with E-state index in [1.165, 1.54) is 24.3 Å². The monoisotopic (exact) mass is 454 g/mol. The molecule has 0 aromatic heterocycles. The maximum absolute atomic E-state index is 12.6. The molecule has 3 rings (SSSR count). The van der Waals surface area contributed by atoms with Gasteiger partial charge in [0.15, 0.2) is 6.10 Å². The number of nitrogens with one attached hydrogen (secondary N) is 2. The molecule has 0 heterocycles. The van der Waals surface area contributed by atoms with Crippen LogP contribution in [0, 0.1) is 6.92 Å². The van der Waals surface area contributed by atoms with Crippen molar-refractivity contribution in [1.29, 1.82) is 0 Å². The molecule has 2 N–H and O–H groups in total. The average molecular weight is 455 g/mol. The molecular formula is C24H26N2O5S. The lowest BCUT2D eigenvalue weighted by atomic mass is 10.2. The molecule has 7 nitrogen and oxygen atoms in total. The molecule has 0 spiro atoms. The van der Waals surface area contributed by atoms with E-state index in [2.05, 4.69) is 10.0 Å². The highest BCUT2D eigenvalue weighted by molar-refractivity contribution is 7.92. The van der Waals surface area contributed by atoms with Crippen molar-refractivity contribution in [3.63, 3.8) is 0 Å². The second kappa shape index (κ2) is 10.2. The maximum atomic E-state index is 12.6. The number of para-hydroxylation sites is 1. The zero-order chi connectivity index (χ0) is 23.1. The SMILES string of the molecule is CCOc1ccc(NS(=O)(=O)c2ccc(NC(=O)[C@@H](C)Oc3ccccc3C)cc2)cc1. The van der Waals surface area contributed by atoms with E-state index in [1.807, 2.05) is 32.0 Å². The lowest BCUT2D eigenvalue weighted by Crippen LogP contribution is -2.30. The van der Waals surface area contributed by atoms with E-state index < -0.39 is 16.1 Å². The van der Waals surface area contributed by atoms with Gasteiger partial charge >= 0.3 is 0 Å². The summed E-state index contributed by atoms with van der Waals surface area (Å²) in [5, 5.41) is 2.73. The van der Waals surface area contributed by atoms with Gasteiger partial charge in [0.05, 0.1) is 11.5 Å². The maximum Gasteiger partial charge on any atom is 0.265 e. The molecule has 8 heteroatoms. The van der Waals surface area contributed by atoms with Gasteiger partial charge in [0.2, 0.25) is 0 Å². The largest absolute Gasteiger partial charge is 0.494 e. The van der Waals surface area contributed by atoms with Crippen LogP contribution >= 0.6 is 0 Å². The highest BCUT2D eigenvalue weighted by Crippen LogP contribution is 2.22. The van der Waals surface area contributed by atoms with Crippen molar-refractivity contribution in [3.05, 3.63) is 78.4 Å². The van der Waals surface area contributed by atoms with Gasteiger partial charge in [-0.3, -0.25) is 9.52 Å². The quantitative estimate of drug-likeness (QED) is 0.493. The smallest absolute Gasteiger partial charge is 0.265 e. The normalized spacial score (nSPS) is 12.0. The number of rotatable bonds is 9. The molecule has 0 saturated carbocycles. The third kappa shape index (κ3) is 6.01. The molecule has 32 heavy (non-hydrogen) atoms. The highest BCUT2D eigenvalue weighted by atomic mass is 32.2. The van der Waals surface area contributed by atoms with Crippen LogP contribution in [0.3, 0.4) is 0 Å². The summed E-state index contributed by atoms with van der Waals surface area (Å²) in [5.41, 5.74) is 1.82. The lowest BCUT2D eigenvalue weighted by Gasteiger charge is -2.16. The Labute approximate surface area is 188 Å². The first kappa shape index (κ1) is 23.1. The summed E-state index contributed by atoms with van der Waals surface area (Å²) in [6, 6.07) is 20.0. The topological polar surface area (TPSA) is 93.7 Å². The summed E-state index contributed by atoms with van der Waals surface area (Å²) in [7, 11) is -3.77. The number of ether oxygens (including phenoxy) is 2. The fraction of sp³-hybridized carbons (Fsp3) is 0.208. The average Bonchev–Trinajstić information content (AvgIpc) is 2.77. The van der Waals surface area contributed by atoms with Gasteiger partial charge in [0.25, 0.3) is 15.9 Å². The number of carbonyl (C=O) groups is 1. The van der Waals surface area contributed by atoms with Crippen molar-refractivity contribution in [2.24, 2.45) is 0 Å². The van der Waals surface area contributed by atoms with Crippen molar-refractivity contribution < 1.29 is 22.7 Å². The number of anilines is 2. The van der Waals surface area contributed by atoms with Crippen LogP contribution in [0.4, 0.5) is 11.4 Å². The Bertz CT molecular complexity index is 1160. The van der Waals surface area contributed by atoms with Crippen LogP contribution in [-0.4, -0.2) is 27.0 Å². The molecule has 0 fully saturated rings. The van der Waals surface area contributed by atoms with Gasteiger partial charge in [-0.1, -0.05) is 18.2 Å². The lowest BCUT2D eigenvalue weighted by molar-refractivity contribution is -0.122. The zero-order valence-corrected chi connectivity index (χ0v) is 19.0. The van der Waals surface area contributed by atoms with Gasteiger partial charge in [0, 0.05) is 11.4 Å². The van der Waals surface area contributed by atoms with E-state index in [0.717, 1.165) is 5.56 Å². The molecule has 3 aromatic rings. The van der Waals surface area contributed by atoms with Crippen LogP contribution in [-0.2, 0) is 14.8 Å². The molecule has 1 atom stereocenters. The Balaban J connectivity index is 1.62. The molecule has 3 aromatic carbocycles. The van der Waals surface area contributed by atoms with Crippen LogP contribution in [0.5, 0.6) is 11.5 Å². The van der Waals surface area contributed by atoms with Crippen LogP contribution in [0.15, 0.2) is 77.7 Å². The van der Waals surface area contributed by atoms with Gasteiger partial charge in [0.1, 0.15) is 11.5 Å². The molecule has 0 unspecified atom stereocenters. The van der Waals surface area contributed by atoms with Crippen LogP contribution in [0.25, 0.3) is 0 Å². The van der Waals surface area contributed by atoms with E-state index in [1.54, 1.807) is 37.3 Å². The van der Waals surface area contributed by atoms with E-state index in [9.17, 15) is 13.2 Å². The Hall–Kier alpha value is -3.52. The standard InChI is InChI=1S/C24H26N2O5S/c1-4-30-21-13-9-20(10-14-21)26-32(28,29)22-15-11-19(12-16-22)25-24(27)18(3)31-23-8-6-5-7-17(23)2/h5-16,18,26H,4H2,1-3H3,(H,25,27)/t18-/m1/s1. The molecule has 0 radical (unpaired) electrons. The minimum Gasteiger partial charge on any atom is -0.494 e. The number of aryl methyl sites for hydroxylation is 1. The molecule has 168 valence electrons. The molecule has 0 bridgehead atoms. The summed E-state index contributed by atoms with van der Waals surface area (Å²) in [6.45, 7) is 5.97. The summed E-state index contributed by atoms with van der Waals surface area (Å²) in [6.07, 6.45) is -0.721. The highest BCUT2D eigenvalue weighted by Gasteiger charge is 2.17. The first-order chi connectivity index (χ1) is 15.3. The second-order valence-corrected chi connectivity index (χ2v) is 8.78. The minimum atomic E-state index is -3.77. The zero-order valence-electron chi connectivity index (χ0n) is 18.2. The number of amides is 1. The molecule has 0 aliphatic heterocycles. The Morgan fingerprint density at radius 1 is 0.938 bits per heavy atom. The van der Waals surface area contributed by atoms with Crippen LogP contribution < -0.4 is 19.5 Å². The van der Waals surface area contributed by atoms with E-state index >= 15 is 0 Å². The second-order valence-electron chi connectivity index (χ2n) is 7.10. The fourth-order valence-corrected chi connectivity index (χ4v) is 3.95. The number of hydrogen-bond donors (Lipinski definition) is 2. The number of carbonyl (C=O) groups excluding carboxylic acids is 1. The predicted molar refractivity (Wildman–Crippen MR) is 125 cm³/mol. The third-order valence-corrected chi connectivity index (χ3v) is 6.01. The van der Waals surface area contributed by atoms with Crippen molar-refractivity contribution in [2.75, 3.05) is 16.6 Å². The summed E-state index contributed by atoms with van der Waals surface area (Å²) in [4.78, 5) is 12.5. The van der Waals surface area contributed by atoms with E-state index in [4.69, 9.17) is 9.47 Å². The first-order valence-corrected chi connectivity index (χ1v) is 11.7. The van der Waals surface area contributed by atoms with Crippen molar-refractivity contribution in [1.82, 2.24) is 0 Å². The minimum absolute atomic E-state index is 0.0774. The molecule has 0 aliphatic rings. The number of benzene rings is 3. The van der Waals surface area contributed by atoms with Gasteiger partial charge < -0.3 is 14.8 Å². The molecule has 0 aliphatic carbocycles. The van der Waals surface area contributed by atoms with Crippen LogP contribution in [0.2, 0.25) is 0 Å². The Morgan fingerprint density at radius 3 is 2.19 bits per heavy atom. The number of sulfonamides is 1. The molecule has 0 saturated heterocycles.